The van der Waals surface area contributed by atoms with Crippen LogP contribution in [-0.2, 0) is 0 Å². The Morgan fingerprint density at radius 3 is 1.54 bits per heavy atom. The van der Waals surface area contributed by atoms with Crippen molar-refractivity contribution in [1.29, 1.82) is 0 Å². The molecule has 0 aliphatic heterocycles. The number of benzene rings is 9. The molecule has 0 aliphatic carbocycles. The van der Waals surface area contributed by atoms with Crippen molar-refractivity contribution in [2.24, 2.45) is 0 Å². The molecule has 0 radical (unpaired) electrons. The molecule has 11 rings (SSSR count). The summed E-state index contributed by atoms with van der Waals surface area (Å²) in [5.41, 5.74) is 5.67. The van der Waals surface area contributed by atoms with Crippen molar-refractivity contribution in [2.45, 2.75) is 0 Å². The molecule has 250 valence electrons. The van der Waals surface area contributed by atoms with E-state index in [0.717, 1.165) is 54.7 Å². The van der Waals surface area contributed by atoms with E-state index in [9.17, 15) is 0 Å². The second-order valence-electron chi connectivity index (χ2n) is 13.8. The van der Waals surface area contributed by atoms with E-state index >= 15 is 0 Å². The maximum Gasteiger partial charge on any atom is 0.182 e. The highest BCUT2D eigenvalue weighted by atomic mass is 15.0. The lowest BCUT2D eigenvalue weighted by atomic mass is 9.89. The predicted molar refractivity (Wildman–Crippen MR) is 224 cm³/mol. The lowest BCUT2D eigenvalue weighted by Crippen LogP contribution is -2.02. The number of aromatic nitrogens is 4. The Morgan fingerprint density at radius 1 is 0.278 bits per heavy atom. The summed E-state index contributed by atoms with van der Waals surface area (Å²) in [6.45, 7) is 0. The van der Waals surface area contributed by atoms with Crippen molar-refractivity contribution < 1.29 is 0 Å². The number of fused-ring (bicyclic) bond motifs is 10. The van der Waals surface area contributed by atoms with Gasteiger partial charge in [-0.25, -0.2) is 19.9 Å². The Bertz CT molecular complexity index is 3240. The van der Waals surface area contributed by atoms with Gasteiger partial charge in [-0.05, 0) is 72.2 Å². The van der Waals surface area contributed by atoms with Crippen molar-refractivity contribution in [3.8, 4) is 45.4 Å². The Morgan fingerprint density at radius 2 is 0.796 bits per heavy atom. The van der Waals surface area contributed by atoms with Gasteiger partial charge in [0.2, 0.25) is 0 Å². The van der Waals surface area contributed by atoms with Crippen LogP contribution in [0.4, 0.5) is 0 Å². The van der Waals surface area contributed by atoms with Gasteiger partial charge in [0.1, 0.15) is 5.69 Å². The van der Waals surface area contributed by atoms with Crippen molar-refractivity contribution in [2.75, 3.05) is 0 Å². The van der Waals surface area contributed by atoms with Crippen LogP contribution in [0.5, 0.6) is 0 Å². The van der Waals surface area contributed by atoms with Crippen molar-refractivity contribution in [1.82, 2.24) is 19.9 Å². The van der Waals surface area contributed by atoms with Gasteiger partial charge in [-0.3, -0.25) is 0 Å². The smallest absolute Gasteiger partial charge is 0.182 e. The molecule has 0 saturated carbocycles. The summed E-state index contributed by atoms with van der Waals surface area (Å²) in [6, 6.07) is 64.1. The van der Waals surface area contributed by atoms with Crippen LogP contribution >= 0.6 is 0 Å². The normalized spacial score (nSPS) is 11.7. The Hall–Kier alpha value is -7.30. The number of pyridine rings is 1. The fourth-order valence-electron chi connectivity index (χ4n) is 8.14. The van der Waals surface area contributed by atoms with Crippen LogP contribution in [0.1, 0.15) is 0 Å². The lowest BCUT2D eigenvalue weighted by molar-refractivity contribution is 1.06. The van der Waals surface area contributed by atoms with Gasteiger partial charge in [-0.1, -0.05) is 164 Å². The zero-order valence-corrected chi connectivity index (χ0v) is 29.1. The summed E-state index contributed by atoms with van der Waals surface area (Å²) in [4.78, 5) is 20.7. The first-order chi connectivity index (χ1) is 26.8. The van der Waals surface area contributed by atoms with Gasteiger partial charge in [0, 0.05) is 27.5 Å². The molecule has 0 unspecified atom stereocenters. The summed E-state index contributed by atoms with van der Waals surface area (Å²) >= 11 is 0. The monoisotopic (exact) mass is 686 g/mol. The van der Waals surface area contributed by atoms with Crippen molar-refractivity contribution in [3.63, 3.8) is 0 Å². The highest BCUT2D eigenvalue weighted by Crippen LogP contribution is 2.42. The Kier molecular flexibility index (Phi) is 6.82. The molecule has 0 amide bonds. The molecule has 0 atom stereocenters. The number of rotatable bonds is 4. The summed E-state index contributed by atoms with van der Waals surface area (Å²) in [5, 5.41) is 13.1. The van der Waals surface area contributed by atoms with Crippen LogP contribution in [0.2, 0.25) is 0 Å². The van der Waals surface area contributed by atoms with E-state index in [-0.39, 0.29) is 0 Å². The van der Waals surface area contributed by atoms with E-state index < -0.39 is 0 Å². The lowest BCUT2D eigenvalue weighted by Gasteiger charge is -2.16. The number of hydrogen-bond acceptors (Lipinski definition) is 4. The SMILES string of the molecule is c1ccc(-c2nc(-c3ccc4ccc5ccccc5c4n3)nc(-c3ccc4ccccc4c3-c3ccc4c5ccccc5c5ccccc5c4c3)n2)cc1. The third-order valence-corrected chi connectivity index (χ3v) is 10.7. The van der Waals surface area contributed by atoms with E-state index in [1.807, 2.05) is 36.4 Å². The molecule has 0 saturated heterocycles. The highest BCUT2D eigenvalue weighted by Gasteiger charge is 2.20. The van der Waals surface area contributed by atoms with Crippen LogP contribution in [-0.4, -0.2) is 19.9 Å². The Balaban J connectivity index is 1.19. The summed E-state index contributed by atoms with van der Waals surface area (Å²) in [5.74, 6) is 1.73. The van der Waals surface area contributed by atoms with Gasteiger partial charge in [0.25, 0.3) is 0 Å². The van der Waals surface area contributed by atoms with Gasteiger partial charge in [-0.2, -0.15) is 0 Å². The zero-order chi connectivity index (χ0) is 35.6. The zero-order valence-electron chi connectivity index (χ0n) is 29.1. The molecule has 0 bridgehead atoms. The van der Waals surface area contributed by atoms with Crippen LogP contribution in [0.25, 0.3) is 110 Å². The molecule has 11 aromatic rings. The van der Waals surface area contributed by atoms with E-state index in [2.05, 4.69) is 146 Å². The van der Waals surface area contributed by atoms with E-state index in [1.165, 1.54) is 32.3 Å². The fourth-order valence-corrected chi connectivity index (χ4v) is 8.14. The van der Waals surface area contributed by atoms with Crippen LogP contribution < -0.4 is 0 Å². The van der Waals surface area contributed by atoms with Crippen LogP contribution in [0.3, 0.4) is 0 Å². The summed E-state index contributed by atoms with van der Waals surface area (Å²) in [7, 11) is 0. The standard InChI is InChI=1S/C50H30N4/c1-2-14-34(15-3-1)48-52-49(54-50(53-48)45-29-26-33-23-22-32-13-5-7-17-37(32)47(33)51-45)43-28-24-31-12-4-6-16-36(31)46(43)35-25-27-42-40-20-9-8-18-38(40)39-19-10-11-21-41(39)44(42)30-35/h1-30H. The fraction of sp³-hybridized carbons (Fsp3) is 0. The number of nitrogens with zero attached hydrogens (tertiary/aromatic N) is 4. The molecule has 54 heavy (non-hydrogen) atoms. The molecule has 9 aromatic carbocycles. The average Bonchev–Trinajstić information content (AvgIpc) is 3.26. The second-order valence-corrected chi connectivity index (χ2v) is 13.8. The van der Waals surface area contributed by atoms with Gasteiger partial charge in [-0.15, -0.1) is 0 Å². The maximum atomic E-state index is 5.25. The van der Waals surface area contributed by atoms with Gasteiger partial charge < -0.3 is 0 Å². The molecule has 0 N–H and O–H groups in total. The molecule has 2 heterocycles. The molecule has 0 spiro atoms. The minimum Gasteiger partial charge on any atom is -0.244 e. The highest BCUT2D eigenvalue weighted by molar-refractivity contribution is 6.26. The molecule has 0 fully saturated rings. The summed E-state index contributed by atoms with van der Waals surface area (Å²) in [6.07, 6.45) is 0. The van der Waals surface area contributed by atoms with Gasteiger partial charge in [0.15, 0.2) is 17.5 Å². The molecular weight excluding hydrogens is 657 g/mol. The topological polar surface area (TPSA) is 51.6 Å². The first-order valence-electron chi connectivity index (χ1n) is 18.2. The predicted octanol–water partition coefficient (Wildman–Crippen LogP) is 12.9. The van der Waals surface area contributed by atoms with Crippen LogP contribution in [0, 0.1) is 0 Å². The van der Waals surface area contributed by atoms with E-state index in [4.69, 9.17) is 19.9 Å². The van der Waals surface area contributed by atoms with E-state index in [0.29, 0.717) is 23.2 Å². The van der Waals surface area contributed by atoms with Gasteiger partial charge in [0.05, 0.1) is 5.52 Å². The van der Waals surface area contributed by atoms with Crippen molar-refractivity contribution >= 4 is 64.8 Å². The summed E-state index contributed by atoms with van der Waals surface area (Å²) < 4.78 is 0. The Labute approximate surface area is 311 Å². The van der Waals surface area contributed by atoms with Crippen LogP contribution in [0.15, 0.2) is 182 Å². The largest absolute Gasteiger partial charge is 0.244 e. The third-order valence-electron chi connectivity index (χ3n) is 10.7. The first kappa shape index (κ1) is 30.3. The van der Waals surface area contributed by atoms with E-state index in [1.54, 1.807) is 0 Å². The third kappa shape index (κ3) is 4.85. The minimum atomic E-state index is 0.531. The quantitative estimate of drug-likeness (QED) is 0.173. The average molecular weight is 687 g/mol. The second kappa shape index (κ2) is 12.1. The maximum absolute atomic E-state index is 5.25. The van der Waals surface area contributed by atoms with Crippen molar-refractivity contribution in [3.05, 3.63) is 182 Å². The minimum absolute atomic E-state index is 0.531. The van der Waals surface area contributed by atoms with Gasteiger partial charge >= 0.3 is 0 Å². The molecule has 4 nitrogen and oxygen atoms in total. The molecule has 0 aliphatic rings. The molecule has 2 aromatic heterocycles. The first-order valence-corrected chi connectivity index (χ1v) is 18.2. The molecule has 4 heteroatoms. The number of hydrogen-bond donors (Lipinski definition) is 0. The molecular formula is C50H30N4.